The van der Waals surface area contributed by atoms with E-state index in [1.165, 1.54) is 11.6 Å². The third-order valence-electron chi connectivity index (χ3n) is 2.81. The number of halogens is 1. The highest BCUT2D eigenvalue weighted by Crippen LogP contribution is 2.31. The average molecular weight is 204 g/mol. The highest BCUT2D eigenvalue weighted by Gasteiger charge is 2.21. The van der Waals surface area contributed by atoms with E-state index < -0.39 is 0 Å². The molecule has 1 unspecified atom stereocenters. The number of benzene rings is 1. The predicted octanol–water partition coefficient (Wildman–Crippen LogP) is 2.32. The fourth-order valence-corrected chi connectivity index (χ4v) is 2.10. The Morgan fingerprint density at radius 3 is 3.20 bits per heavy atom. The molecule has 0 spiro atoms. The van der Waals surface area contributed by atoms with Gasteiger partial charge in [0.2, 0.25) is 0 Å². The first kappa shape index (κ1) is 10.1. The van der Waals surface area contributed by atoms with E-state index in [0.717, 1.165) is 18.4 Å². The van der Waals surface area contributed by atoms with Crippen LogP contribution in [0.15, 0.2) is 18.2 Å². The molecule has 1 N–H and O–H groups in total. The number of hydrogen-bond acceptors (Lipinski definition) is 2. The summed E-state index contributed by atoms with van der Waals surface area (Å²) in [6.07, 6.45) is 2.45. The topological polar surface area (TPSA) is 35.8 Å². The van der Waals surface area contributed by atoms with Crippen molar-refractivity contribution in [2.45, 2.75) is 25.3 Å². The van der Waals surface area contributed by atoms with E-state index in [4.69, 9.17) is 5.26 Å². The molecule has 2 rings (SSSR count). The van der Waals surface area contributed by atoms with Crippen molar-refractivity contribution in [2.24, 2.45) is 0 Å². The van der Waals surface area contributed by atoms with Gasteiger partial charge < -0.3 is 5.32 Å². The van der Waals surface area contributed by atoms with Crippen LogP contribution in [0.2, 0.25) is 0 Å². The first-order valence-corrected chi connectivity index (χ1v) is 5.20. The number of nitrogens with zero attached hydrogens (tertiary/aromatic N) is 1. The second-order valence-corrected chi connectivity index (χ2v) is 3.80. The van der Waals surface area contributed by atoms with Crippen LogP contribution in [-0.2, 0) is 6.42 Å². The maximum atomic E-state index is 12.9. The summed E-state index contributed by atoms with van der Waals surface area (Å²) < 4.78 is 12.9. The molecule has 0 aliphatic heterocycles. The van der Waals surface area contributed by atoms with Crippen LogP contribution in [0.5, 0.6) is 0 Å². The minimum absolute atomic E-state index is 0.161. The first-order chi connectivity index (χ1) is 7.31. The minimum Gasteiger partial charge on any atom is -0.309 e. The van der Waals surface area contributed by atoms with Gasteiger partial charge in [-0.05, 0) is 36.1 Å². The van der Waals surface area contributed by atoms with Crippen LogP contribution in [0.3, 0.4) is 0 Å². The van der Waals surface area contributed by atoms with Gasteiger partial charge in [0.15, 0.2) is 0 Å². The van der Waals surface area contributed by atoms with Gasteiger partial charge in [-0.25, -0.2) is 4.39 Å². The Balaban J connectivity index is 2.05. The fraction of sp³-hybridized carbons (Fsp3) is 0.417. The molecule has 3 heteroatoms. The molecule has 0 heterocycles. The summed E-state index contributed by atoms with van der Waals surface area (Å²) in [6, 6.07) is 7.37. The zero-order valence-corrected chi connectivity index (χ0v) is 8.46. The zero-order valence-electron chi connectivity index (χ0n) is 8.46. The second-order valence-electron chi connectivity index (χ2n) is 3.80. The van der Waals surface area contributed by atoms with Crippen LogP contribution >= 0.6 is 0 Å². The Bertz CT molecular complexity index is 395. The lowest BCUT2D eigenvalue weighted by Gasteiger charge is -2.12. The molecular weight excluding hydrogens is 191 g/mol. The van der Waals surface area contributed by atoms with E-state index in [2.05, 4.69) is 11.4 Å². The van der Waals surface area contributed by atoms with E-state index in [-0.39, 0.29) is 5.82 Å². The summed E-state index contributed by atoms with van der Waals surface area (Å²) in [6.45, 7) is 0.706. The molecule has 0 fully saturated rings. The molecule has 78 valence electrons. The summed E-state index contributed by atoms with van der Waals surface area (Å²) >= 11 is 0. The van der Waals surface area contributed by atoms with Crippen molar-refractivity contribution >= 4 is 0 Å². The Labute approximate surface area is 88.7 Å². The van der Waals surface area contributed by atoms with Gasteiger partial charge in [0.05, 0.1) is 6.07 Å². The highest BCUT2D eigenvalue weighted by molar-refractivity contribution is 5.34. The minimum atomic E-state index is -0.161. The molecule has 2 nitrogen and oxygen atoms in total. The van der Waals surface area contributed by atoms with Crippen molar-refractivity contribution in [3.8, 4) is 6.07 Å². The van der Waals surface area contributed by atoms with Crippen molar-refractivity contribution in [2.75, 3.05) is 6.54 Å². The Kier molecular flexibility index (Phi) is 2.98. The third-order valence-corrected chi connectivity index (χ3v) is 2.81. The predicted molar refractivity (Wildman–Crippen MR) is 55.7 cm³/mol. The SMILES string of the molecule is N#CCCNC1CCc2cc(F)ccc21. The van der Waals surface area contributed by atoms with E-state index >= 15 is 0 Å². The summed E-state index contributed by atoms with van der Waals surface area (Å²) in [5.74, 6) is -0.161. The lowest BCUT2D eigenvalue weighted by atomic mass is 10.1. The van der Waals surface area contributed by atoms with E-state index in [0.29, 0.717) is 19.0 Å². The molecule has 1 aliphatic carbocycles. The molecule has 0 radical (unpaired) electrons. The van der Waals surface area contributed by atoms with Crippen molar-refractivity contribution in [1.29, 1.82) is 5.26 Å². The molecule has 1 aliphatic rings. The average Bonchev–Trinajstić information content (AvgIpc) is 2.61. The van der Waals surface area contributed by atoms with Gasteiger partial charge in [-0.1, -0.05) is 6.07 Å². The molecule has 0 bridgehead atoms. The number of hydrogen-bond donors (Lipinski definition) is 1. The summed E-state index contributed by atoms with van der Waals surface area (Å²) in [4.78, 5) is 0. The van der Waals surface area contributed by atoms with Crippen molar-refractivity contribution in [3.63, 3.8) is 0 Å². The maximum absolute atomic E-state index is 12.9. The van der Waals surface area contributed by atoms with Crippen LogP contribution in [-0.4, -0.2) is 6.54 Å². The van der Waals surface area contributed by atoms with Gasteiger partial charge in [-0.15, -0.1) is 0 Å². The van der Waals surface area contributed by atoms with Crippen LogP contribution < -0.4 is 5.32 Å². The van der Waals surface area contributed by atoms with Gasteiger partial charge in [-0.2, -0.15) is 5.26 Å². The molecule has 0 saturated heterocycles. The molecule has 1 aromatic carbocycles. The van der Waals surface area contributed by atoms with Crippen LogP contribution in [0.4, 0.5) is 4.39 Å². The highest BCUT2D eigenvalue weighted by atomic mass is 19.1. The summed E-state index contributed by atoms with van der Waals surface area (Å²) in [5, 5.41) is 11.7. The zero-order chi connectivity index (χ0) is 10.7. The maximum Gasteiger partial charge on any atom is 0.123 e. The van der Waals surface area contributed by atoms with Gasteiger partial charge in [-0.3, -0.25) is 0 Å². The second kappa shape index (κ2) is 4.41. The van der Waals surface area contributed by atoms with Crippen LogP contribution in [0.25, 0.3) is 0 Å². The molecule has 15 heavy (non-hydrogen) atoms. The van der Waals surface area contributed by atoms with Crippen molar-refractivity contribution in [3.05, 3.63) is 35.1 Å². The van der Waals surface area contributed by atoms with Gasteiger partial charge in [0.1, 0.15) is 5.82 Å². The smallest absolute Gasteiger partial charge is 0.123 e. The Hall–Kier alpha value is -1.40. The fourth-order valence-electron chi connectivity index (χ4n) is 2.10. The Morgan fingerprint density at radius 1 is 1.53 bits per heavy atom. The number of fused-ring (bicyclic) bond motifs is 1. The molecule has 0 aromatic heterocycles. The normalized spacial score (nSPS) is 18.5. The van der Waals surface area contributed by atoms with Gasteiger partial charge >= 0.3 is 0 Å². The molecule has 1 aromatic rings. The number of aryl methyl sites for hydroxylation is 1. The van der Waals surface area contributed by atoms with Gasteiger partial charge in [0, 0.05) is 19.0 Å². The lowest BCUT2D eigenvalue weighted by molar-refractivity contribution is 0.538. The molecule has 0 amide bonds. The third kappa shape index (κ3) is 2.16. The van der Waals surface area contributed by atoms with Gasteiger partial charge in [0.25, 0.3) is 0 Å². The number of nitrogens with one attached hydrogen (secondary N) is 1. The largest absolute Gasteiger partial charge is 0.309 e. The summed E-state index contributed by atoms with van der Waals surface area (Å²) in [5.41, 5.74) is 2.29. The van der Waals surface area contributed by atoms with Crippen LogP contribution in [0.1, 0.15) is 30.0 Å². The van der Waals surface area contributed by atoms with E-state index in [1.807, 2.05) is 6.07 Å². The first-order valence-electron chi connectivity index (χ1n) is 5.20. The lowest BCUT2D eigenvalue weighted by Crippen LogP contribution is -2.20. The number of rotatable bonds is 3. The molecular formula is C12H13FN2. The molecule has 1 atom stereocenters. The molecule has 0 saturated carbocycles. The quantitative estimate of drug-likeness (QED) is 0.767. The van der Waals surface area contributed by atoms with Crippen molar-refractivity contribution < 1.29 is 4.39 Å². The van der Waals surface area contributed by atoms with Crippen LogP contribution in [0, 0.1) is 17.1 Å². The Morgan fingerprint density at radius 2 is 2.40 bits per heavy atom. The number of nitriles is 1. The van der Waals surface area contributed by atoms with Crippen molar-refractivity contribution in [1.82, 2.24) is 5.32 Å². The summed E-state index contributed by atoms with van der Waals surface area (Å²) in [7, 11) is 0. The standard InChI is InChI=1S/C12H13FN2/c13-10-3-4-11-9(8-10)2-5-12(11)15-7-1-6-14/h3-4,8,12,15H,1-2,5,7H2. The van der Waals surface area contributed by atoms with E-state index in [9.17, 15) is 4.39 Å². The van der Waals surface area contributed by atoms with E-state index in [1.54, 1.807) is 6.07 Å². The monoisotopic (exact) mass is 204 g/mol.